The molecule has 1 aliphatic rings. The summed E-state index contributed by atoms with van der Waals surface area (Å²) < 4.78 is 5.01. The molecule has 0 bridgehead atoms. The monoisotopic (exact) mass is 267 g/mol. The fourth-order valence-electron chi connectivity index (χ4n) is 1.59. The van der Waals surface area contributed by atoms with Crippen molar-refractivity contribution in [3.8, 4) is 0 Å². The number of hydrogen-bond donors (Lipinski definition) is 2. The molecule has 1 aromatic rings. The first kappa shape index (κ1) is 12.8. The van der Waals surface area contributed by atoms with Crippen molar-refractivity contribution >= 4 is 23.8 Å². The van der Waals surface area contributed by atoms with Crippen LogP contribution in [-0.2, 0) is 16.0 Å². The van der Waals surface area contributed by atoms with Gasteiger partial charge in [-0.15, -0.1) is 11.8 Å². The maximum Gasteiger partial charge on any atom is 0.407 e. The molecule has 1 saturated heterocycles. The Morgan fingerprint density at radius 2 is 2.17 bits per heavy atom. The molecular formula is C12H13NO4S. The quantitative estimate of drug-likeness (QED) is 0.791. The first-order chi connectivity index (χ1) is 8.63. The minimum absolute atomic E-state index is 0.0368. The van der Waals surface area contributed by atoms with Crippen molar-refractivity contribution in [2.45, 2.75) is 17.4 Å². The van der Waals surface area contributed by atoms with E-state index in [1.165, 1.54) is 0 Å². The van der Waals surface area contributed by atoms with Crippen LogP contribution in [0, 0.1) is 0 Å². The van der Waals surface area contributed by atoms with Crippen LogP contribution < -0.4 is 5.32 Å². The number of carboxylic acid groups (broad SMARTS) is 1. The minimum atomic E-state index is -0.834. The van der Waals surface area contributed by atoms with Crippen molar-refractivity contribution in [3.05, 3.63) is 29.8 Å². The normalized spacial score (nSPS) is 18.2. The first-order valence-corrected chi connectivity index (χ1v) is 6.50. The maximum absolute atomic E-state index is 10.8. The lowest BCUT2D eigenvalue weighted by molar-refractivity contribution is -0.136. The summed E-state index contributed by atoms with van der Waals surface area (Å²) in [4.78, 5) is 22.4. The molecule has 6 heteroatoms. The van der Waals surface area contributed by atoms with E-state index in [4.69, 9.17) is 9.84 Å². The van der Waals surface area contributed by atoms with E-state index in [-0.39, 0.29) is 18.6 Å². The summed E-state index contributed by atoms with van der Waals surface area (Å²) in [6, 6.07) is 7.37. The van der Waals surface area contributed by atoms with Crippen LogP contribution >= 0.6 is 11.8 Å². The molecule has 1 unspecified atom stereocenters. The molecule has 96 valence electrons. The van der Waals surface area contributed by atoms with Gasteiger partial charge >= 0.3 is 12.1 Å². The number of ether oxygens (including phenoxy) is 1. The number of aliphatic carboxylic acids is 1. The van der Waals surface area contributed by atoms with Crippen LogP contribution in [0.1, 0.15) is 5.56 Å². The van der Waals surface area contributed by atoms with E-state index in [0.717, 1.165) is 10.5 Å². The number of benzene rings is 1. The van der Waals surface area contributed by atoms with Crippen LogP contribution in [-0.4, -0.2) is 35.6 Å². The number of thioether (sulfide) groups is 1. The van der Waals surface area contributed by atoms with Crippen molar-refractivity contribution in [2.75, 3.05) is 12.3 Å². The van der Waals surface area contributed by atoms with E-state index in [9.17, 15) is 9.59 Å². The number of carbonyl (C=O) groups is 2. The summed E-state index contributed by atoms with van der Waals surface area (Å²) >= 11 is 1.58. The number of alkyl carbamates (subject to hydrolysis) is 1. The van der Waals surface area contributed by atoms with Gasteiger partial charge in [0.15, 0.2) is 0 Å². The Morgan fingerprint density at radius 3 is 2.72 bits per heavy atom. The second kappa shape index (κ2) is 5.77. The summed E-state index contributed by atoms with van der Waals surface area (Å²) in [5.74, 6) is -0.142. The zero-order valence-electron chi connectivity index (χ0n) is 9.59. The van der Waals surface area contributed by atoms with Gasteiger partial charge in [-0.1, -0.05) is 12.1 Å². The number of carbonyl (C=O) groups excluding carboxylic acids is 1. The van der Waals surface area contributed by atoms with E-state index in [0.29, 0.717) is 12.3 Å². The molecule has 1 fully saturated rings. The highest BCUT2D eigenvalue weighted by Crippen LogP contribution is 2.21. The summed E-state index contributed by atoms with van der Waals surface area (Å²) in [5, 5.41) is 11.2. The van der Waals surface area contributed by atoms with Crippen molar-refractivity contribution in [2.24, 2.45) is 0 Å². The predicted octanol–water partition coefficient (Wildman–Crippen LogP) is 1.51. The topological polar surface area (TPSA) is 75.6 Å². The van der Waals surface area contributed by atoms with Crippen molar-refractivity contribution in [3.63, 3.8) is 0 Å². The molecule has 0 saturated carbocycles. The highest BCUT2D eigenvalue weighted by Gasteiger charge is 2.22. The molecule has 1 amide bonds. The molecule has 0 aromatic heterocycles. The van der Waals surface area contributed by atoms with Crippen LogP contribution in [0.4, 0.5) is 4.79 Å². The van der Waals surface area contributed by atoms with Crippen LogP contribution in [0.2, 0.25) is 0 Å². The lowest BCUT2D eigenvalue weighted by Crippen LogP contribution is -2.16. The number of amides is 1. The van der Waals surface area contributed by atoms with Crippen molar-refractivity contribution < 1.29 is 19.4 Å². The summed E-state index contributed by atoms with van der Waals surface area (Å²) in [6.45, 7) is 0.545. The van der Waals surface area contributed by atoms with Crippen LogP contribution in [0.5, 0.6) is 0 Å². The molecule has 2 N–H and O–H groups in total. The summed E-state index contributed by atoms with van der Waals surface area (Å²) in [7, 11) is 0. The van der Waals surface area contributed by atoms with Gasteiger partial charge in [0.1, 0.15) is 6.10 Å². The maximum atomic E-state index is 10.8. The second-order valence-electron chi connectivity index (χ2n) is 3.93. The van der Waals surface area contributed by atoms with E-state index < -0.39 is 5.97 Å². The Kier molecular flexibility index (Phi) is 4.09. The molecule has 1 aliphatic heterocycles. The molecule has 1 aromatic carbocycles. The lowest BCUT2D eigenvalue weighted by Gasteiger charge is -2.07. The fraction of sp³-hybridized carbons (Fsp3) is 0.333. The predicted molar refractivity (Wildman–Crippen MR) is 66.8 cm³/mol. The average molecular weight is 267 g/mol. The van der Waals surface area contributed by atoms with E-state index >= 15 is 0 Å². The number of rotatable bonds is 5. The summed E-state index contributed by atoms with van der Waals surface area (Å²) in [5.41, 5.74) is 0.779. The van der Waals surface area contributed by atoms with Gasteiger partial charge in [0, 0.05) is 10.6 Å². The average Bonchev–Trinajstić information content (AvgIpc) is 2.74. The van der Waals surface area contributed by atoms with Crippen LogP contribution in [0.3, 0.4) is 0 Å². The summed E-state index contributed by atoms with van der Waals surface area (Å²) in [6.07, 6.45) is -0.423. The Hall–Kier alpha value is -1.69. The Morgan fingerprint density at radius 1 is 1.44 bits per heavy atom. The number of carboxylic acids is 1. The van der Waals surface area contributed by atoms with Gasteiger partial charge in [-0.2, -0.15) is 0 Å². The van der Waals surface area contributed by atoms with Crippen molar-refractivity contribution in [1.29, 1.82) is 0 Å². The third kappa shape index (κ3) is 3.66. The smallest absolute Gasteiger partial charge is 0.407 e. The Labute approximate surface area is 109 Å². The molecular weight excluding hydrogens is 254 g/mol. The number of hydrogen-bond acceptors (Lipinski definition) is 4. The first-order valence-electron chi connectivity index (χ1n) is 5.51. The van der Waals surface area contributed by atoms with E-state index in [1.54, 1.807) is 23.9 Å². The molecule has 5 nitrogen and oxygen atoms in total. The molecule has 18 heavy (non-hydrogen) atoms. The molecule has 0 spiro atoms. The van der Waals surface area contributed by atoms with E-state index in [2.05, 4.69) is 5.32 Å². The van der Waals surface area contributed by atoms with Crippen molar-refractivity contribution in [1.82, 2.24) is 5.32 Å². The van der Waals surface area contributed by atoms with Gasteiger partial charge in [0.25, 0.3) is 0 Å². The largest absolute Gasteiger partial charge is 0.481 e. The SMILES string of the molecule is O=C(O)Cc1ccc(SCC2CNC(=O)O2)cc1. The van der Waals surface area contributed by atoms with Gasteiger partial charge in [-0.3, -0.25) is 4.79 Å². The van der Waals surface area contributed by atoms with Gasteiger partial charge in [-0.05, 0) is 17.7 Å². The zero-order valence-corrected chi connectivity index (χ0v) is 10.4. The third-order valence-electron chi connectivity index (χ3n) is 2.46. The van der Waals surface area contributed by atoms with Gasteiger partial charge in [0.2, 0.25) is 0 Å². The molecule has 1 heterocycles. The van der Waals surface area contributed by atoms with E-state index in [1.807, 2.05) is 12.1 Å². The Balaban J connectivity index is 1.82. The van der Waals surface area contributed by atoms with Crippen LogP contribution in [0.15, 0.2) is 29.2 Å². The number of cyclic esters (lactones) is 1. The highest BCUT2D eigenvalue weighted by atomic mass is 32.2. The molecule has 1 atom stereocenters. The number of nitrogens with one attached hydrogen (secondary N) is 1. The standard InChI is InChI=1S/C12H13NO4S/c14-11(15)5-8-1-3-10(4-2-8)18-7-9-6-13-12(16)17-9/h1-4,9H,5-7H2,(H,13,16)(H,14,15). The van der Waals surface area contributed by atoms with Gasteiger partial charge < -0.3 is 15.2 Å². The Bertz CT molecular complexity index is 446. The van der Waals surface area contributed by atoms with Crippen LogP contribution in [0.25, 0.3) is 0 Å². The lowest BCUT2D eigenvalue weighted by atomic mass is 10.2. The third-order valence-corrected chi connectivity index (χ3v) is 3.61. The molecule has 2 rings (SSSR count). The fourth-order valence-corrected chi connectivity index (χ4v) is 2.48. The van der Waals surface area contributed by atoms with Gasteiger partial charge in [0.05, 0.1) is 13.0 Å². The molecule has 0 radical (unpaired) electrons. The minimum Gasteiger partial charge on any atom is -0.481 e. The van der Waals surface area contributed by atoms with Gasteiger partial charge in [-0.25, -0.2) is 4.79 Å². The second-order valence-corrected chi connectivity index (χ2v) is 5.03. The highest BCUT2D eigenvalue weighted by molar-refractivity contribution is 7.99. The zero-order chi connectivity index (χ0) is 13.0. The molecule has 0 aliphatic carbocycles.